The number of amides is 2. The minimum atomic E-state index is -0.121. The Morgan fingerprint density at radius 2 is 1.95 bits per heavy atom. The average Bonchev–Trinajstić information content (AvgIpc) is 2.49. The van der Waals surface area contributed by atoms with E-state index in [2.05, 4.69) is 10.6 Å². The summed E-state index contributed by atoms with van der Waals surface area (Å²) >= 11 is 6.11. The normalized spacial score (nSPS) is 15.6. The zero-order valence-electron chi connectivity index (χ0n) is 12.3. The fourth-order valence-corrected chi connectivity index (χ4v) is 2.50. The molecule has 2 amide bonds. The summed E-state index contributed by atoms with van der Waals surface area (Å²) in [6.45, 7) is 1.70. The summed E-state index contributed by atoms with van der Waals surface area (Å²) in [7, 11) is 3.37. The minimum absolute atomic E-state index is 0.00415. The molecule has 1 heterocycles. The van der Waals surface area contributed by atoms with Gasteiger partial charge in [0.15, 0.2) is 0 Å². The van der Waals surface area contributed by atoms with Gasteiger partial charge < -0.3 is 15.5 Å². The molecule has 0 bridgehead atoms. The van der Waals surface area contributed by atoms with Crippen LogP contribution in [-0.4, -0.2) is 43.9 Å². The molecule has 1 aliphatic rings. The van der Waals surface area contributed by atoms with Crippen molar-refractivity contribution in [1.29, 1.82) is 0 Å². The number of benzene rings is 1. The Bertz CT molecular complexity index is 540. The van der Waals surface area contributed by atoms with Gasteiger partial charge in [-0.2, -0.15) is 0 Å². The van der Waals surface area contributed by atoms with Crippen LogP contribution in [0.4, 0.5) is 5.69 Å². The molecule has 2 N–H and O–H groups in total. The summed E-state index contributed by atoms with van der Waals surface area (Å²) in [5.41, 5.74) is 0.998. The predicted octanol–water partition coefficient (Wildman–Crippen LogP) is 1.98. The fraction of sp³-hybridized carbons (Fsp3) is 0.467. The van der Waals surface area contributed by atoms with Crippen LogP contribution < -0.4 is 10.6 Å². The fourth-order valence-electron chi connectivity index (χ4n) is 2.33. The Kier molecular flexibility index (Phi) is 5.20. The molecular weight excluding hydrogens is 290 g/mol. The van der Waals surface area contributed by atoms with E-state index in [9.17, 15) is 9.59 Å². The molecule has 5 nitrogen and oxygen atoms in total. The first-order valence-corrected chi connectivity index (χ1v) is 7.39. The summed E-state index contributed by atoms with van der Waals surface area (Å²) in [6.07, 6.45) is 1.64. The number of carbonyl (C=O) groups excluding carboxylic acids is 2. The molecule has 0 aromatic heterocycles. The lowest BCUT2D eigenvalue weighted by molar-refractivity contribution is -0.120. The molecule has 0 spiro atoms. The van der Waals surface area contributed by atoms with E-state index in [0.717, 1.165) is 25.9 Å². The van der Waals surface area contributed by atoms with E-state index in [1.54, 1.807) is 32.3 Å². The van der Waals surface area contributed by atoms with Crippen molar-refractivity contribution in [2.45, 2.75) is 12.8 Å². The zero-order valence-corrected chi connectivity index (χ0v) is 13.0. The van der Waals surface area contributed by atoms with Crippen LogP contribution >= 0.6 is 11.6 Å². The van der Waals surface area contributed by atoms with Crippen molar-refractivity contribution >= 4 is 29.1 Å². The number of halogens is 1. The van der Waals surface area contributed by atoms with E-state index in [1.807, 2.05) is 0 Å². The lowest BCUT2D eigenvalue weighted by Gasteiger charge is -2.22. The average molecular weight is 310 g/mol. The molecule has 0 radical (unpaired) electrons. The zero-order chi connectivity index (χ0) is 15.4. The Morgan fingerprint density at radius 1 is 1.29 bits per heavy atom. The van der Waals surface area contributed by atoms with Gasteiger partial charge in [0.1, 0.15) is 0 Å². The van der Waals surface area contributed by atoms with E-state index >= 15 is 0 Å². The summed E-state index contributed by atoms with van der Waals surface area (Å²) < 4.78 is 0. The molecule has 0 unspecified atom stereocenters. The van der Waals surface area contributed by atoms with Gasteiger partial charge in [-0.15, -0.1) is 0 Å². The van der Waals surface area contributed by atoms with Gasteiger partial charge in [0.25, 0.3) is 5.91 Å². The smallest absolute Gasteiger partial charge is 0.253 e. The summed E-state index contributed by atoms with van der Waals surface area (Å²) in [5, 5.41) is 6.51. The summed E-state index contributed by atoms with van der Waals surface area (Å²) in [4.78, 5) is 25.7. The third-order valence-electron chi connectivity index (χ3n) is 3.59. The maximum atomic E-state index is 12.2. The van der Waals surface area contributed by atoms with Crippen LogP contribution in [0.1, 0.15) is 23.2 Å². The lowest BCUT2D eigenvalue weighted by atomic mass is 9.97. The second-order valence-electron chi connectivity index (χ2n) is 5.41. The quantitative estimate of drug-likeness (QED) is 0.897. The topological polar surface area (TPSA) is 61.4 Å². The first kappa shape index (κ1) is 15.8. The number of rotatable bonds is 3. The molecule has 0 saturated carbocycles. The minimum Gasteiger partial charge on any atom is -0.345 e. The Labute approximate surface area is 129 Å². The van der Waals surface area contributed by atoms with E-state index in [1.165, 1.54) is 4.90 Å². The Balaban J connectivity index is 2.13. The van der Waals surface area contributed by atoms with E-state index in [4.69, 9.17) is 11.6 Å². The van der Waals surface area contributed by atoms with Gasteiger partial charge in [-0.25, -0.2) is 0 Å². The molecule has 1 fully saturated rings. The van der Waals surface area contributed by atoms with Crippen molar-refractivity contribution in [3.63, 3.8) is 0 Å². The van der Waals surface area contributed by atoms with Crippen molar-refractivity contribution in [3.8, 4) is 0 Å². The maximum Gasteiger partial charge on any atom is 0.253 e. The van der Waals surface area contributed by atoms with Gasteiger partial charge in [-0.1, -0.05) is 11.6 Å². The molecule has 0 atom stereocenters. The van der Waals surface area contributed by atoms with Crippen LogP contribution in [0.3, 0.4) is 0 Å². The highest BCUT2D eigenvalue weighted by atomic mass is 35.5. The maximum absolute atomic E-state index is 12.2. The van der Waals surface area contributed by atoms with Gasteiger partial charge in [0.05, 0.1) is 10.7 Å². The highest BCUT2D eigenvalue weighted by Gasteiger charge is 2.22. The van der Waals surface area contributed by atoms with E-state index < -0.39 is 0 Å². The number of nitrogens with zero attached hydrogens (tertiary/aromatic N) is 1. The number of piperidine rings is 1. The number of hydrogen-bond acceptors (Lipinski definition) is 3. The lowest BCUT2D eigenvalue weighted by Crippen LogP contribution is -2.34. The van der Waals surface area contributed by atoms with Crippen molar-refractivity contribution in [2.75, 3.05) is 32.5 Å². The molecular formula is C15H20ClN3O2. The van der Waals surface area contributed by atoms with Gasteiger partial charge in [-0.3, -0.25) is 9.59 Å². The number of anilines is 1. The SMILES string of the molecule is CN(C)C(=O)c1ccc(Cl)c(NC(=O)C2CCNCC2)c1. The van der Waals surface area contributed by atoms with Gasteiger partial charge in [0, 0.05) is 25.6 Å². The second kappa shape index (κ2) is 6.91. The highest BCUT2D eigenvalue weighted by Crippen LogP contribution is 2.25. The molecule has 6 heteroatoms. The monoisotopic (exact) mass is 309 g/mol. The third kappa shape index (κ3) is 3.95. The molecule has 114 valence electrons. The van der Waals surface area contributed by atoms with Crippen LogP contribution in [-0.2, 0) is 4.79 Å². The van der Waals surface area contributed by atoms with Crippen LogP contribution in [0.2, 0.25) is 5.02 Å². The molecule has 0 aliphatic carbocycles. The first-order valence-electron chi connectivity index (χ1n) is 7.02. The Hall–Kier alpha value is -1.59. The van der Waals surface area contributed by atoms with Crippen LogP contribution in [0.5, 0.6) is 0 Å². The largest absolute Gasteiger partial charge is 0.345 e. The number of carbonyl (C=O) groups is 2. The van der Waals surface area contributed by atoms with Gasteiger partial charge >= 0.3 is 0 Å². The molecule has 1 saturated heterocycles. The second-order valence-corrected chi connectivity index (χ2v) is 5.81. The molecule has 1 aliphatic heterocycles. The van der Waals surface area contributed by atoms with Crippen molar-refractivity contribution in [1.82, 2.24) is 10.2 Å². The molecule has 2 rings (SSSR count). The highest BCUT2D eigenvalue weighted by molar-refractivity contribution is 6.33. The number of hydrogen-bond donors (Lipinski definition) is 2. The summed E-state index contributed by atoms with van der Waals surface area (Å²) in [5.74, 6) is -0.160. The molecule has 1 aromatic carbocycles. The van der Waals surface area contributed by atoms with Crippen LogP contribution in [0.15, 0.2) is 18.2 Å². The van der Waals surface area contributed by atoms with E-state index in [-0.39, 0.29) is 17.7 Å². The van der Waals surface area contributed by atoms with Gasteiger partial charge in [-0.05, 0) is 44.1 Å². The van der Waals surface area contributed by atoms with Crippen LogP contribution in [0.25, 0.3) is 0 Å². The van der Waals surface area contributed by atoms with Gasteiger partial charge in [0.2, 0.25) is 5.91 Å². The first-order chi connectivity index (χ1) is 9.99. The molecule has 1 aromatic rings. The van der Waals surface area contributed by atoms with Crippen molar-refractivity contribution in [2.24, 2.45) is 5.92 Å². The van der Waals surface area contributed by atoms with E-state index in [0.29, 0.717) is 16.3 Å². The Morgan fingerprint density at radius 3 is 2.57 bits per heavy atom. The predicted molar refractivity (Wildman–Crippen MR) is 83.7 cm³/mol. The summed E-state index contributed by atoms with van der Waals surface area (Å²) in [6, 6.07) is 4.92. The van der Waals surface area contributed by atoms with Crippen molar-refractivity contribution < 1.29 is 9.59 Å². The van der Waals surface area contributed by atoms with Crippen LogP contribution in [0, 0.1) is 5.92 Å². The van der Waals surface area contributed by atoms with Crippen molar-refractivity contribution in [3.05, 3.63) is 28.8 Å². The standard InChI is InChI=1S/C15H20ClN3O2/c1-19(2)15(21)11-3-4-12(16)13(9-11)18-14(20)10-5-7-17-8-6-10/h3-4,9-10,17H,5-8H2,1-2H3,(H,18,20). The molecule has 21 heavy (non-hydrogen) atoms. The number of nitrogens with one attached hydrogen (secondary N) is 2. The third-order valence-corrected chi connectivity index (χ3v) is 3.92.